The van der Waals surface area contributed by atoms with Gasteiger partial charge in [0.2, 0.25) is 5.91 Å². The summed E-state index contributed by atoms with van der Waals surface area (Å²) in [5.41, 5.74) is 5.72. The van der Waals surface area contributed by atoms with Gasteiger partial charge in [0.1, 0.15) is 0 Å². The highest BCUT2D eigenvalue weighted by Crippen LogP contribution is 2.39. The van der Waals surface area contributed by atoms with Crippen molar-refractivity contribution in [1.29, 1.82) is 0 Å². The van der Waals surface area contributed by atoms with Gasteiger partial charge in [-0.15, -0.1) is 0 Å². The standard InChI is InChI=1S/C9H16N2O/c1-6-4-8(6)9(12)11-3-2-7(10)5-11/h6-8H,2-5,10H2,1H3. The molecule has 1 heterocycles. The van der Waals surface area contributed by atoms with Crippen molar-refractivity contribution in [2.45, 2.75) is 25.8 Å². The molecule has 1 saturated carbocycles. The van der Waals surface area contributed by atoms with Crippen LogP contribution in [-0.2, 0) is 4.79 Å². The van der Waals surface area contributed by atoms with Crippen LogP contribution in [-0.4, -0.2) is 29.9 Å². The number of likely N-dealkylation sites (tertiary alicyclic amines) is 1. The van der Waals surface area contributed by atoms with Gasteiger partial charge >= 0.3 is 0 Å². The molecule has 1 aliphatic carbocycles. The topological polar surface area (TPSA) is 46.3 Å². The van der Waals surface area contributed by atoms with E-state index in [0.717, 1.165) is 25.9 Å². The highest BCUT2D eigenvalue weighted by molar-refractivity contribution is 5.81. The minimum absolute atomic E-state index is 0.225. The third-order valence-corrected chi connectivity index (χ3v) is 2.96. The fourth-order valence-corrected chi connectivity index (χ4v) is 1.89. The molecule has 2 N–H and O–H groups in total. The predicted molar refractivity (Wildman–Crippen MR) is 46.4 cm³/mol. The van der Waals surface area contributed by atoms with Crippen LogP contribution in [0.1, 0.15) is 19.8 Å². The third-order valence-electron chi connectivity index (χ3n) is 2.96. The van der Waals surface area contributed by atoms with Crippen molar-refractivity contribution in [3.05, 3.63) is 0 Å². The van der Waals surface area contributed by atoms with Gasteiger partial charge < -0.3 is 10.6 Å². The van der Waals surface area contributed by atoms with E-state index < -0.39 is 0 Å². The molecule has 3 atom stereocenters. The molecule has 12 heavy (non-hydrogen) atoms. The van der Waals surface area contributed by atoms with Crippen molar-refractivity contribution >= 4 is 5.91 Å². The van der Waals surface area contributed by atoms with Gasteiger partial charge in [0.25, 0.3) is 0 Å². The molecule has 2 aliphatic rings. The average Bonchev–Trinajstić information content (AvgIpc) is 2.58. The van der Waals surface area contributed by atoms with E-state index in [4.69, 9.17) is 5.73 Å². The summed E-state index contributed by atoms with van der Waals surface area (Å²) in [6.45, 7) is 3.80. The second-order valence-corrected chi connectivity index (χ2v) is 4.15. The first-order chi connectivity index (χ1) is 5.68. The van der Waals surface area contributed by atoms with Crippen molar-refractivity contribution < 1.29 is 4.79 Å². The van der Waals surface area contributed by atoms with Gasteiger partial charge in [0.15, 0.2) is 0 Å². The Labute approximate surface area is 72.9 Å². The zero-order valence-corrected chi connectivity index (χ0v) is 7.49. The summed E-state index contributed by atoms with van der Waals surface area (Å²) >= 11 is 0. The number of rotatable bonds is 1. The lowest BCUT2D eigenvalue weighted by molar-refractivity contribution is -0.131. The zero-order valence-electron chi connectivity index (χ0n) is 7.49. The SMILES string of the molecule is CC1CC1C(=O)N1CCC(N)C1. The van der Waals surface area contributed by atoms with E-state index >= 15 is 0 Å². The zero-order chi connectivity index (χ0) is 8.72. The average molecular weight is 168 g/mol. The molecule has 0 spiro atoms. The molecule has 3 heteroatoms. The molecule has 0 aromatic heterocycles. The number of hydrogen-bond donors (Lipinski definition) is 1. The number of amides is 1. The van der Waals surface area contributed by atoms with Crippen molar-refractivity contribution in [2.24, 2.45) is 17.6 Å². The summed E-state index contributed by atoms with van der Waals surface area (Å²) in [5.74, 6) is 1.29. The van der Waals surface area contributed by atoms with E-state index in [1.165, 1.54) is 0 Å². The van der Waals surface area contributed by atoms with E-state index in [9.17, 15) is 4.79 Å². The predicted octanol–water partition coefficient (Wildman–Crippen LogP) is 0.202. The molecule has 2 rings (SSSR count). The van der Waals surface area contributed by atoms with Gasteiger partial charge in [-0.05, 0) is 18.8 Å². The molecule has 0 radical (unpaired) electrons. The molecule has 68 valence electrons. The van der Waals surface area contributed by atoms with Crippen LogP contribution in [0.5, 0.6) is 0 Å². The Morgan fingerprint density at radius 1 is 1.58 bits per heavy atom. The minimum Gasteiger partial charge on any atom is -0.341 e. The molecule has 3 unspecified atom stereocenters. The van der Waals surface area contributed by atoms with Crippen LogP contribution in [0.15, 0.2) is 0 Å². The number of carbonyl (C=O) groups is 1. The van der Waals surface area contributed by atoms with Gasteiger partial charge in [0.05, 0.1) is 0 Å². The van der Waals surface area contributed by atoms with Crippen molar-refractivity contribution in [3.8, 4) is 0 Å². The fourth-order valence-electron chi connectivity index (χ4n) is 1.89. The minimum atomic E-state index is 0.225. The Morgan fingerprint density at radius 2 is 2.25 bits per heavy atom. The first-order valence-corrected chi connectivity index (χ1v) is 4.73. The molecule has 1 amide bonds. The lowest BCUT2D eigenvalue weighted by Gasteiger charge is -2.15. The van der Waals surface area contributed by atoms with Crippen LogP contribution in [0.4, 0.5) is 0 Å². The number of nitrogens with zero attached hydrogens (tertiary/aromatic N) is 1. The van der Waals surface area contributed by atoms with E-state index in [0.29, 0.717) is 17.7 Å². The molecule has 1 aliphatic heterocycles. The van der Waals surface area contributed by atoms with Crippen molar-refractivity contribution in [3.63, 3.8) is 0 Å². The first kappa shape index (κ1) is 8.05. The summed E-state index contributed by atoms with van der Waals surface area (Å²) in [5, 5.41) is 0. The van der Waals surface area contributed by atoms with Gasteiger partial charge in [0, 0.05) is 25.0 Å². The molecule has 1 saturated heterocycles. The highest BCUT2D eigenvalue weighted by Gasteiger charge is 2.42. The van der Waals surface area contributed by atoms with Crippen LogP contribution in [0.3, 0.4) is 0 Å². The molecule has 3 nitrogen and oxygen atoms in total. The van der Waals surface area contributed by atoms with E-state index in [-0.39, 0.29) is 6.04 Å². The maximum atomic E-state index is 11.6. The Bertz CT molecular complexity index is 205. The second-order valence-electron chi connectivity index (χ2n) is 4.15. The molecular formula is C9H16N2O. The summed E-state index contributed by atoms with van der Waals surface area (Å²) in [6, 6.07) is 0.225. The Morgan fingerprint density at radius 3 is 2.67 bits per heavy atom. The molecule has 0 aromatic rings. The summed E-state index contributed by atoms with van der Waals surface area (Å²) < 4.78 is 0. The number of nitrogens with two attached hydrogens (primary N) is 1. The monoisotopic (exact) mass is 168 g/mol. The quantitative estimate of drug-likeness (QED) is 0.608. The van der Waals surface area contributed by atoms with Crippen LogP contribution in [0, 0.1) is 11.8 Å². The largest absolute Gasteiger partial charge is 0.341 e. The van der Waals surface area contributed by atoms with Gasteiger partial charge in [-0.1, -0.05) is 6.92 Å². The first-order valence-electron chi connectivity index (χ1n) is 4.73. The van der Waals surface area contributed by atoms with Gasteiger partial charge in [-0.25, -0.2) is 0 Å². The lowest BCUT2D eigenvalue weighted by Crippen LogP contribution is -2.33. The smallest absolute Gasteiger partial charge is 0.226 e. The van der Waals surface area contributed by atoms with Gasteiger partial charge in [-0.2, -0.15) is 0 Å². The Balaban J connectivity index is 1.89. The van der Waals surface area contributed by atoms with Crippen LogP contribution < -0.4 is 5.73 Å². The van der Waals surface area contributed by atoms with Crippen molar-refractivity contribution in [2.75, 3.05) is 13.1 Å². The lowest BCUT2D eigenvalue weighted by atomic mass is 10.3. The maximum Gasteiger partial charge on any atom is 0.226 e. The third kappa shape index (κ3) is 1.33. The highest BCUT2D eigenvalue weighted by atomic mass is 16.2. The molecule has 0 bridgehead atoms. The normalized spacial score (nSPS) is 40.2. The van der Waals surface area contributed by atoms with Crippen LogP contribution >= 0.6 is 0 Å². The maximum absolute atomic E-state index is 11.6. The summed E-state index contributed by atoms with van der Waals surface area (Å²) in [4.78, 5) is 13.6. The molecule has 0 aromatic carbocycles. The Hall–Kier alpha value is -0.570. The van der Waals surface area contributed by atoms with Crippen LogP contribution in [0.25, 0.3) is 0 Å². The fraction of sp³-hybridized carbons (Fsp3) is 0.889. The second kappa shape index (κ2) is 2.73. The summed E-state index contributed by atoms with van der Waals surface area (Å²) in [7, 11) is 0. The number of hydrogen-bond acceptors (Lipinski definition) is 2. The molecule has 2 fully saturated rings. The van der Waals surface area contributed by atoms with E-state index in [2.05, 4.69) is 6.92 Å². The van der Waals surface area contributed by atoms with Crippen LogP contribution in [0.2, 0.25) is 0 Å². The molecular weight excluding hydrogens is 152 g/mol. The Kier molecular flexibility index (Phi) is 1.83. The summed E-state index contributed by atoms with van der Waals surface area (Å²) in [6.07, 6.45) is 2.07. The van der Waals surface area contributed by atoms with E-state index in [1.807, 2.05) is 4.90 Å². The van der Waals surface area contributed by atoms with Crippen molar-refractivity contribution in [1.82, 2.24) is 4.90 Å². The van der Waals surface area contributed by atoms with E-state index in [1.54, 1.807) is 0 Å². The number of carbonyl (C=O) groups excluding carboxylic acids is 1. The van der Waals surface area contributed by atoms with Gasteiger partial charge in [-0.3, -0.25) is 4.79 Å².